The van der Waals surface area contributed by atoms with Crippen LogP contribution in [0.3, 0.4) is 0 Å². The SMILES string of the molecule is Cc1ccc([C@H](N)CF)s1. The lowest BCUT2D eigenvalue weighted by atomic mass is 10.3. The molecular formula is C7H10FNS. The van der Waals surface area contributed by atoms with E-state index in [1.807, 2.05) is 19.1 Å². The number of hydrogen-bond donors (Lipinski definition) is 1. The molecule has 1 heterocycles. The molecule has 1 aromatic rings. The fraction of sp³-hybridized carbons (Fsp3) is 0.429. The van der Waals surface area contributed by atoms with Crippen LogP contribution >= 0.6 is 11.3 Å². The lowest BCUT2D eigenvalue weighted by Gasteiger charge is -2.00. The molecule has 0 spiro atoms. The Hall–Kier alpha value is -0.410. The first-order valence-corrected chi connectivity index (χ1v) is 3.93. The molecule has 0 aliphatic rings. The molecule has 0 saturated carbocycles. The molecule has 0 saturated heterocycles. The van der Waals surface area contributed by atoms with Crippen molar-refractivity contribution in [1.82, 2.24) is 0 Å². The molecule has 2 N–H and O–H groups in total. The van der Waals surface area contributed by atoms with Gasteiger partial charge in [-0.15, -0.1) is 11.3 Å². The molecule has 1 rings (SSSR count). The molecule has 3 heteroatoms. The predicted octanol–water partition coefficient (Wildman–Crippen LogP) is 2.03. The van der Waals surface area contributed by atoms with E-state index in [0.717, 1.165) is 4.88 Å². The molecule has 0 amide bonds. The maximum absolute atomic E-state index is 12.0. The summed E-state index contributed by atoms with van der Waals surface area (Å²) >= 11 is 1.56. The lowest BCUT2D eigenvalue weighted by Crippen LogP contribution is -2.09. The van der Waals surface area contributed by atoms with Crippen molar-refractivity contribution in [1.29, 1.82) is 0 Å². The summed E-state index contributed by atoms with van der Waals surface area (Å²) in [5.41, 5.74) is 5.44. The Kier molecular flexibility index (Phi) is 2.40. The van der Waals surface area contributed by atoms with Gasteiger partial charge in [0.25, 0.3) is 0 Å². The van der Waals surface area contributed by atoms with Gasteiger partial charge in [0, 0.05) is 9.75 Å². The van der Waals surface area contributed by atoms with Gasteiger partial charge in [-0.25, -0.2) is 4.39 Å². The molecule has 0 bridgehead atoms. The number of rotatable bonds is 2. The Morgan fingerprint density at radius 3 is 2.80 bits per heavy atom. The van der Waals surface area contributed by atoms with E-state index < -0.39 is 12.7 Å². The number of alkyl halides is 1. The van der Waals surface area contributed by atoms with Crippen LogP contribution in [0.5, 0.6) is 0 Å². The normalized spacial score (nSPS) is 13.5. The van der Waals surface area contributed by atoms with Gasteiger partial charge in [0.1, 0.15) is 6.67 Å². The Balaban J connectivity index is 2.74. The molecule has 0 aromatic carbocycles. The minimum absolute atomic E-state index is 0.418. The van der Waals surface area contributed by atoms with Gasteiger partial charge in [0.05, 0.1) is 6.04 Å². The number of thiophene rings is 1. The average molecular weight is 159 g/mol. The highest BCUT2D eigenvalue weighted by atomic mass is 32.1. The average Bonchev–Trinajstić information content (AvgIpc) is 2.34. The zero-order valence-corrected chi connectivity index (χ0v) is 6.62. The van der Waals surface area contributed by atoms with E-state index >= 15 is 0 Å². The van der Waals surface area contributed by atoms with Crippen molar-refractivity contribution >= 4 is 11.3 Å². The lowest BCUT2D eigenvalue weighted by molar-refractivity contribution is 0.440. The van der Waals surface area contributed by atoms with Gasteiger partial charge < -0.3 is 5.73 Å². The molecule has 0 unspecified atom stereocenters. The van der Waals surface area contributed by atoms with Crippen LogP contribution in [0.1, 0.15) is 15.8 Å². The smallest absolute Gasteiger partial charge is 0.109 e. The summed E-state index contributed by atoms with van der Waals surface area (Å²) in [7, 11) is 0. The summed E-state index contributed by atoms with van der Waals surface area (Å²) in [4.78, 5) is 2.11. The van der Waals surface area contributed by atoms with Gasteiger partial charge in [0.2, 0.25) is 0 Å². The van der Waals surface area contributed by atoms with Crippen LogP contribution in [-0.2, 0) is 0 Å². The fourth-order valence-electron chi connectivity index (χ4n) is 0.729. The fourth-order valence-corrected chi connectivity index (χ4v) is 1.59. The highest BCUT2D eigenvalue weighted by molar-refractivity contribution is 7.12. The van der Waals surface area contributed by atoms with Crippen molar-refractivity contribution in [2.45, 2.75) is 13.0 Å². The third-order valence-corrected chi connectivity index (χ3v) is 2.43. The molecule has 1 atom stereocenters. The monoisotopic (exact) mass is 159 g/mol. The summed E-state index contributed by atoms with van der Waals surface area (Å²) in [5.74, 6) is 0. The van der Waals surface area contributed by atoms with Gasteiger partial charge in [-0.3, -0.25) is 0 Å². The Morgan fingerprint density at radius 1 is 1.70 bits per heavy atom. The van der Waals surface area contributed by atoms with E-state index in [2.05, 4.69) is 0 Å². The number of hydrogen-bond acceptors (Lipinski definition) is 2. The van der Waals surface area contributed by atoms with Crippen LogP contribution < -0.4 is 5.73 Å². The second kappa shape index (κ2) is 3.12. The van der Waals surface area contributed by atoms with Gasteiger partial charge in [-0.05, 0) is 19.1 Å². The minimum atomic E-state index is -0.472. The van der Waals surface area contributed by atoms with Gasteiger partial charge in [-0.1, -0.05) is 0 Å². The molecule has 0 aliphatic heterocycles. The van der Waals surface area contributed by atoms with Crippen molar-refractivity contribution in [3.8, 4) is 0 Å². The van der Waals surface area contributed by atoms with E-state index in [9.17, 15) is 4.39 Å². The quantitative estimate of drug-likeness (QED) is 0.702. The molecule has 10 heavy (non-hydrogen) atoms. The van der Waals surface area contributed by atoms with Crippen molar-refractivity contribution in [3.63, 3.8) is 0 Å². The van der Waals surface area contributed by atoms with Crippen molar-refractivity contribution in [3.05, 3.63) is 21.9 Å². The van der Waals surface area contributed by atoms with Gasteiger partial charge in [-0.2, -0.15) is 0 Å². The third kappa shape index (κ3) is 1.55. The van der Waals surface area contributed by atoms with Crippen LogP contribution in [0.2, 0.25) is 0 Å². The van der Waals surface area contributed by atoms with E-state index in [1.165, 1.54) is 4.88 Å². The minimum Gasteiger partial charge on any atom is -0.321 e. The number of nitrogens with two attached hydrogens (primary N) is 1. The zero-order chi connectivity index (χ0) is 7.56. The Bertz CT molecular complexity index is 209. The molecule has 56 valence electrons. The number of aryl methyl sites for hydroxylation is 1. The van der Waals surface area contributed by atoms with Crippen LogP contribution in [0.25, 0.3) is 0 Å². The Labute approximate surface area is 63.7 Å². The predicted molar refractivity (Wildman–Crippen MR) is 42.0 cm³/mol. The maximum atomic E-state index is 12.0. The molecular weight excluding hydrogens is 149 g/mol. The van der Waals surface area contributed by atoms with Crippen LogP contribution in [0.4, 0.5) is 4.39 Å². The van der Waals surface area contributed by atoms with E-state index in [-0.39, 0.29) is 0 Å². The van der Waals surface area contributed by atoms with Crippen LogP contribution in [0, 0.1) is 6.92 Å². The van der Waals surface area contributed by atoms with E-state index in [0.29, 0.717) is 0 Å². The highest BCUT2D eigenvalue weighted by Gasteiger charge is 2.05. The topological polar surface area (TPSA) is 26.0 Å². The zero-order valence-electron chi connectivity index (χ0n) is 5.80. The second-order valence-corrected chi connectivity index (χ2v) is 3.53. The van der Waals surface area contributed by atoms with Gasteiger partial charge in [0.15, 0.2) is 0 Å². The molecule has 1 aromatic heterocycles. The molecule has 1 nitrogen and oxygen atoms in total. The standard InChI is InChI=1S/C7H10FNS/c1-5-2-3-7(10-5)6(9)4-8/h2-3,6H,4,9H2,1H3/t6-/m1/s1. The third-order valence-electron chi connectivity index (χ3n) is 1.29. The first kappa shape index (κ1) is 7.69. The highest BCUT2D eigenvalue weighted by Crippen LogP contribution is 2.20. The van der Waals surface area contributed by atoms with Crippen molar-refractivity contribution in [2.24, 2.45) is 5.73 Å². The largest absolute Gasteiger partial charge is 0.321 e. The van der Waals surface area contributed by atoms with Gasteiger partial charge >= 0.3 is 0 Å². The van der Waals surface area contributed by atoms with Crippen LogP contribution in [0.15, 0.2) is 12.1 Å². The summed E-state index contributed by atoms with van der Waals surface area (Å²) in [5, 5.41) is 0. The first-order valence-electron chi connectivity index (χ1n) is 3.12. The molecule has 0 aliphatic carbocycles. The number of halogens is 1. The Morgan fingerprint density at radius 2 is 2.40 bits per heavy atom. The maximum Gasteiger partial charge on any atom is 0.109 e. The van der Waals surface area contributed by atoms with Crippen molar-refractivity contribution in [2.75, 3.05) is 6.67 Å². The van der Waals surface area contributed by atoms with E-state index in [1.54, 1.807) is 11.3 Å². The van der Waals surface area contributed by atoms with E-state index in [4.69, 9.17) is 5.73 Å². The summed E-state index contributed by atoms with van der Waals surface area (Å²) in [6.07, 6.45) is 0. The summed E-state index contributed by atoms with van der Waals surface area (Å²) in [6, 6.07) is 3.42. The molecule has 0 radical (unpaired) electrons. The first-order chi connectivity index (χ1) is 4.74. The molecule has 0 fully saturated rings. The second-order valence-electron chi connectivity index (χ2n) is 2.21. The van der Waals surface area contributed by atoms with Crippen molar-refractivity contribution < 1.29 is 4.39 Å². The summed E-state index contributed by atoms with van der Waals surface area (Å²) in [6.45, 7) is 1.51. The summed E-state index contributed by atoms with van der Waals surface area (Å²) < 4.78 is 12.0. The van der Waals surface area contributed by atoms with Crippen LogP contribution in [-0.4, -0.2) is 6.67 Å².